The lowest BCUT2D eigenvalue weighted by Crippen LogP contribution is -2.37. The van der Waals surface area contributed by atoms with Gasteiger partial charge in [0.25, 0.3) is 0 Å². The van der Waals surface area contributed by atoms with Crippen molar-refractivity contribution in [2.45, 2.75) is 32.2 Å². The Morgan fingerprint density at radius 3 is 2.50 bits per heavy atom. The maximum Gasteiger partial charge on any atom is 0.0640 e. The van der Waals surface area contributed by atoms with Crippen molar-refractivity contribution in [3.8, 4) is 0 Å². The quantitative estimate of drug-likeness (QED) is 0.640. The molecule has 2 nitrogen and oxygen atoms in total. The van der Waals surface area contributed by atoms with Gasteiger partial charge in [0.05, 0.1) is 6.61 Å². The minimum Gasteiger partial charge on any atom is -0.379 e. The smallest absolute Gasteiger partial charge is 0.0640 e. The molecule has 0 aromatic carbocycles. The van der Waals surface area contributed by atoms with Crippen LogP contribution in [0, 0.1) is 5.92 Å². The second kappa shape index (κ2) is 2.89. The first-order chi connectivity index (χ1) is 4.58. The molecule has 0 amide bonds. The monoisotopic (exact) mass is 143 g/mol. The highest BCUT2D eigenvalue weighted by Gasteiger charge is 2.22. The Balaban J connectivity index is 1.93. The highest BCUT2D eigenvalue weighted by atomic mass is 16.5. The molecular weight excluding hydrogens is 126 g/mol. The maximum absolute atomic E-state index is 5.72. The summed E-state index contributed by atoms with van der Waals surface area (Å²) in [7, 11) is 0. The standard InChI is InChI=1S/C8H17NO/c1-8(2,9)6-10-5-7-3-4-7/h7H,3-6,9H2,1-2H3. The lowest BCUT2D eigenvalue weighted by Gasteiger charge is -2.17. The van der Waals surface area contributed by atoms with Crippen LogP contribution in [0.1, 0.15) is 26.7 Å². The van der Waals surface area contributed by atoms with Crippen molar-refractivity contribution in [1.82, 2.24) is 0 Å². The number of hydrogen-bond acceptors (Lipinski definition) is 2. The summed E-state index contributed by atoms with van der Waals surface area (Å²) in [5.74, 6) is 0.849. The van der Waals surface area contributed by atoms with Gasteiger partial charge in [-0.3, -0.25) is 0 Å². The summed E-state index contributed by atoms with van der Waals surface area (Å²) >= 11 is 0. The Morgan fingerprint density at radius 2 is 2.10 bits per heavy atom. The second-order valence-electron chi connectivity index (χ2n) is 3.95. The first-order valence-electron chi connectivity index (χ1n) is 3.94. The van der Waals surface area contributed by atoms with E-state index in [0.717, 1.165) is 12.5 Å². The van der Waals surface area contributed by atoms with E-state index < -0.39 is 0 Å². The van der Waals surface area contributed by atoms with Gasteiger partial charge in [0.15, 0.2) is 0 Å². The molecule has 2 N–H and O–H groups in total. The van der Waals surface area contributed by atoms with Gasteiger partial charge in [-0.25, -0.2) is 0 Å². The predicted octanol–water partition coefficient (Wildman–Crippen LogP) is 1.15. The van der Waals surface area contributed by atoms with E-state index in [-0.39, 0.29) is 5.54 Å². The zero-order valence-corrected chi connectivity index (χ0v) is 6.89. The summed E-state index contributed by atoms with van der Waals surface area (Å²) < 4.78 is 5.40. The van der Waals surface area contributed by atoms with Gasteiger partial charge in [0.2, 0.25) is 0 Å². The fourth-order valence-electron chi connectivity index (χ4n) is 0.773. The van der Waals surface area contributed by atoms with Crippen LogP contribution in [-0.4, -0.2) is 18.8 Å². The van der Waals surface area contributed by atoms with E-state index in [0.29, 0.717) is 6.61 Å². The largest absolute Gasteiger partial charge is 0.379 e. The number of nitrogens with two attached hydrogens (primary N) is 1. The SMILES string of the molecule is CC(C)(N)COCC1CC1. The van der Waals surface area contributed by atoms with Gasteiger partial charge in [-0.1, -0.05) is 0 Å². The van der Waals surface area contributed by atoms with Crippen LogP contribution in [-0.2, 0) is 4.74 Å². The molecule has 0 saturated heterocycles. The van der Waals surface area contributed by atoms with Crippen LogP contribution in [0.4, 0.5) is 0 Å². The molecule has 1 fully saturated rings. The molecule has 10 heavy (non-hydrogen) atoms. The van der Waals surface area contributed by atoms with E-state index >= 15 is 0 Å². The van der Waals surface area contributed by atoms with Crippen LogP contribution in [0.5, 0.6) is 0 Å². The first kappa shape index (κ1) is 8.02. The molecule has 1 saturated carbocycles. The topological polar surface area (TPSA) is 35.2 Å². The molecule has 0 heterocycles. The van der Waals surface area contributed by atoms with Gasteiger partial charge in [-0.05, 0) is 32.6 Å². The second-order valence-corrected chi connectivity index (χ2v) is 3.95. The van der Waals surface area contributed by atoms with Crippen LogP contribution < -0.4 is 5.73 Å². The highest BCUT2D eigenvalue weighted by Crippen LogP contribution is 2.28. The van der Waals surface area contributed by atoms with Gasteiger partial charge in [-0.2, -0.15) is 0 Å². The zero-order chi connectivity index (χ0) is 7.61. The number of ether oxygens (including phenoxy) is 1. The number of rotatable bonds is 4. The third kappa shape index (κ3) is 3.85. The van der Waals surface area contributed by atoms with Gasteiger partial charge < -0.3 is 10.5 Å². The Kier molecular flexibility index (Phi) is 2.32. The van der Waals surface area contributed by atoms with Crippen LogP contribution in [0.15, 0.2) is 0 Å². The summed E-state index contributed by atoms with van der Waals surface area (Å²) in [6.45, 7) is 5.57. The summed E-state index contributed by atoms with van der Waals surface area (Å²) in [5, 5.41) is 0. The third-order valence-corrected chi connectivity index (χ3v) is 1.52. The van der Waals surface area contributed by atoms with Gasteiger partial charge in [0.1, 0.15) is 0 Å². The van der Waals surface area contributed by atoms with E-state index in [1.54, 1.807) is 0 Å². The van der Waals surface area contributed by atoms with Gasteiger partial charge >= 0.3 is 0 Å². The molecule has 1 aliphatic carbocycles. The van der Waals surface area contributed by atoms with Crippen molar-refractivity contribution in [3.63, 3.8) is 0 Å². The van der Waals surface area contributed by atoms with Crippen LogP contribution in [0.3, 0.4) is 0 Å². The summed E-state index contributed by atoms with van der Waals surface area (Å²) in [6.07, 6.45) is 2.70. The van der Waals surface area contributed by atoms with Crippen molar-refractivity contribution in [2.75, 3.05) is 13.2 Å². The van der Waals surface area contributed by atoms with E-state index in [1.807, 2.05) is 13.8 Å². The Morgan fingerprint density at radius 1 is 1.50 bits per heavy atom. The minimum atomic E-state index is -0.158. The third-order valence-electron chi connectivity index (χ3n) is 1.52. The Bertz CT molecular complexity index is 102. The molecule has 0 aromatic rings. The van der Waals surface area contributed by atoms with Crippen molar-refractivity contribution in [2.24, 2.45) is 11.7 Å². The van der Waals surface area contributed by atoms with E-state index in [4.69, 9.17) is 10.5 Å². The molecule has 0 aliphatic heterocycles. The molecule has 0 bridgehead atoms. The van der Waals surface area contributed by atoms with E-state index in [2.05, 4.69) is 0 Å². The van der Waals surface area contributed by atoms with Crippen molar-refractivity contribution in [3.05, 3.63) is 0 Å². The van der Waals surface area contributed by atoms with Crippen LogP contribution in [0.25, 0.3) is 0 Å². The molecule has 60 valence electrons. The molecule has 1 aliphatic rings. The summed E-state index contributed by atoms with van der Waals surface area (Å²) in [5.41, 5.74) is 5.56. The molecule has 0 aromatic heterocycles. The average molecular weight is 143 g/mol. The average Bonchev–Trinajstić information content (AvgIpc) is 2.45. The highest BCUT2D eigenvalue weighted by molar-refractivity contribution is 4.74. The molecular formula is C8H17NO. The van der Waals surface area contributed by atoms with Crippen LogP contribution in [0.2, 0.25) is 0 Å². The van der Waals surface area contributed by atoms with Crippen molar-refractivity contribution < 1.29 is 4.74 Å². The summed E-state index contributed by atoms with van der Waals surface area (Å²) in [6, 6.07) is 0. The molecule has 0 unspecified atom stereocenters. The molecule has 0 atom stereocenters. The summed E-state index contributed by atoms with van der Waals surface area (Å²) in [4.78, 5) is 0. The van der Waals surface area contributed by atoms with Crippen molar-refractivity contribution in [1.29, 1.82) is 0 Å². The van der Waals surface area contributed by atoms with Gasteiger partial charge in [0, 0.05) is 12.1 Å². The normalized spacial score (nSPS) is 19.5. The lowest BCUT2D eigenvalue weighted by atomic mass is 10.1. The predicted molar refractivity (Wildman–Crippen MR) is 41.8 cm³/mol. The molecule has 2 heteroatoms. The lowest BCUT2D eigenvalue weighted by molar-refractivity contribution is 0.0893. The molecule has 1 rings (SSSR count). The molecule has 0 radical (unpaired) electrons. The Hall–Kier alpha value is -0.0800. The minimum absolute atomic E-state index is 0.158. The number of hydrogen-bond donors (Lipinski definition) is 1. The zero-order valence-electron chi connectivity index (χ0n) is 6.89. The van der Waals surface area contributed by atoms with Gasteiger partial charge in [-0.15, -0.1) is 0 Å². The van der Waals surface area contributed by atoms with Crippen LogP contribution >= 0.6 is 0 Å². The maximum atomic E-state index is 5.72. The van der Waals surface area contributed by atoms with Crippen molar-refractivity contribution >= 4 is 0 Å². The first-order valence-corrected chi connectivity index (χ1v) is 3.94. The molecule has 0 spiro atoms. The fourth-order valence-corrected chi connectivity index (χ4v) is 0.773. The van der Waals surface area contributed by atoms with E-state index in [9.17, 15) is 0 Å². The van der Waals surface area contributed by atoms with E-state index in [1.165, 1.54) is 12.8 Å². The Labute approximate surface area is 62.7 Å². The fraction of sp³-hybridized carbons (Fsp3) is 1.00.